The van der Waals surface area contributed by atoms with Gasteiger partial charge in [0.25, 0.3) is 0 Å². The SMILES string of the molecule is C=C1CCC[C@]2(C)C[C@H]3OC(=O)[C@H](C[NH+](C)[C@@H](C)CCc4ccco4)[C@H]3C[C@H]12. The van der Waals surface area contributed by atoms with E-state index in [0.717, 1.165) is 44.4 Å². The Hall–Kier alpha value is -1.55. The maximum Gasteiger partial charge on any atom is 0.315 e. The second-order valence-corrected chi connectivity index (χ2v) is 9.97. The van der Waals surface area contributed by atoms with Crippen LogP contribution >= 0.6 is 0 Å². The zero-order valence-electron chi connectivity index (χ0n) is 17.7. The average molecular weight is 387 g/mol. The van der Waals surface area contributed by atoms with Gasteiger partial charge in [0, 0.05) is 18.8 Å². The van der Waals surface area contributed by atoms with Crippen LogP contribution in [-0.4, -0.2) is 31.7 Å². The number of rotatable bonds is 6. The van der Waals surface area contributed by atoms with Gasteiger partial charge in [0.2, 0.25) is 0 Å². The summed E-state index contributed by atoms with van der Waals surface area (Å²) in [6, 6.07) is 4.47. The summed E-state index contributed by atoms with van der Waals surface area (Å²) in [4.78, 5) is 14.2. The Bertz CT molecular complexity index is 711. The fraction of sp³-hybridized carbons (Fsp3) is 0.708. The van der Waals surface area contributed by atoms with Gasteiger partial charge in [0.1, 0.15) is 17.8 Å². The first kappa shape index (κ1) is 19.8. The van der Waals surface area contributed by atoms with Gasteiger partial charge in [-0.05, 0) is 62.5 Å². The third-order valence-electron chi connectivity index (χ3n) is 8.11. The molecule has 1 aromatic heterocycles. The number of carbonyl (C=O) groups excluding carboxylic acids is 1. The first-order chi connectivity index (χ1) is 13.4. The number of hydrogen-bond donors (Lipinski definition) is 1. The minimum Gasteiger partial charge on any atom is -0.469 e. The van der Waals surface area contributed by atoms with E-state index in [4.69, 9.17) is 9.15 Å². The van der Waals surface area contributed by atoms with Gasteiger partial charge in [-0.3, -0.25) is 4.79 Å². The number of allylic oxidation sites excluding steroid dienone is 1. The van der Waals surface area contributed by atoms with Crippen molar-refractivity contribution in [1.82, 2.24) is 0 Å². The quantitative estimate of drug-likeness (QED) is 0.602. The summed E-state index contributed by atoms with van der Waals surface area (Å²) in [5.74, 6) is 2.06. The van der Waals surface area contributed by atoms with Crippen LogP contribution in [0.15, 0.2) is 35.0 Å². The van der Waals surface area contributed by atoms with Crippen molar-refractivity contribution < 1.29 is 18.8 Å². The van der Waals surface area contributed by atoms with Crippen LogP contribution in [0.3, 0.4) is 0 Å². The number of carbonyl (C=O) groups is 1. The lowest BCUT2D eigenvalue weighted by molar-refractivity contribution is -0.907. The van der Waals surface area contributed by atoms with Crippen LogP contribution in [0.2, 0.25) is 0 Å². The zero-order valence-corrected chi connectivity index (χ0v) is 17.7. The van der Waals surface area contributed by atoms with Crippen LogP contribution in [-0.2, 0) is 16.0 Å². The fourth-order valence-electron chi connectivity index (χ4n) is 6.10. The molecule has 28 heavy (non-hydrogen) atoms. The lowest BCUT2D eigenvalue weighted by Crippen LogP contribution is -3.13. The molecule has 2 heterocycles. The van der Waals surface area contributed by atoms with Crippen molar-refractivity contribution in [3.63, 3.8) is 0 Å². The molecule has 7 atom stereocenters. The Balaban J connectivity index is 1.39. The Labute approximate surface area is 169 Å². The molecule has 0 bridgehead atoms. The number of quaternary nitrogens is 1. The maximum absolute atomic E-state index is 12.8. The fourth-order valence-corrected chi connectivity index (χ4v) is 6.10. The van der Waals surface area contributed by atoms with E-state index in [-0.39, 0.29) is 23.4 Å². The Morgan fingerprint density at radius 2 is 2.25 bits per heavy atom. The normalized spacial score (nSPS) is 37.1. The number of furan rings is 1. The summed E-state index contributed by atoms with van der Waals surface area (Å²) in [5, 5.41) is 0. The molecule has 1 aliphatic heterocycles. The van der Waals surface area contributed by atoms with Gasteiger partial charge in [0.05, 0.1) is 25.9 Å². The third-order valence-corrected chi connectivity index (χ3v) is 8.11. The second kappa shape index (κ2) is 7.70. The predicted octanol–water partition coefficient (Wildman–Crippen LogP) is 3.43. The molecule has 1 saturated heterocycles. The van der Waals surface area contributed by atoms with E-state index in [1.807, 2.05) is 12.1 Å². The van der Waals surface area contributed by atoms with Crippen LogP contribution in [0.25, 0.3) is 0 Å². The van der Waals surface area contributed by atoms with Crippen LogP contribution in [0.5, 0.6) is 0 Å². The van der Waals surface area contributed by atoms with Crippen molar-refractivity contribution in [2.45, 2.75) is 70.9 Å². The molecule has 0 spiro atoms. The van der Waals surface area contributed by atoms with E-state index < -0.39 is 0 Å². The predicted molar refractivity (Wildman–Crippen MR) is 109 cm³/mol. The molecule has 4 heteroatoms. The molecule has 0 radical (unpaired) electrons. The average Bonchev–Trinajstić information content (AvgIpc) is 3.26. The van der Waals surface area contributed by atoms with E-state index in [1.54, 1.807) is 6.26 Å². The molecule has 3 fully saturated rings. The van der Waals surface area contributed by atoms with Crippen LogP contribution in [0.4, 0.5) is 0 Å². The van der Waals surface area contributed by atoms with Gasteiger partial charge in [-0.25, -0.2) is 0 Å². The highest BCUT2D eigenvalue weighted by atomic mass is 16.6. The molecule has 2 aliphatic carbocycles. The summed E-state index contributed by atoms with van der Waals surface area (Å²) < 4.78 is 11.4. The van der Waals surface area contributed by atoms with Crippen molar-refractivity contribution in [2.24, 2.45) is 23.2 Å². The lowest BCUT2D eigenvalue weighted by atomic mass is 9.55. The Morgan fingerprint density at radius 3 is 3.00 bits per heavy atom. The minimum absolute atomic E-state index is 0.0374. The smallest absolute Gasteiger partial charge is 0.315 e. The van der Waals surface area contributed by atoms with E-state index >= 15 is 0 Å². The first-order valence-electron chi connectivity index (χ1n) is 11.1. The summed E-state index contributed by atoms with van der Waals surface area (Å²) >= 11 is 0. The molecule has 4 nitrogen and oxygen atoms in total. The second-order valence-electron chi connectivity index (χ2n) is 9.97. The van der Waals surface area contributed by atoms with Gasteiger partial charge < -0.3 is 14.1 Å². The molecule has 2 saturated carbocycles. The Morgan fingerprint density at radius 1 is 1.43 bits per heavy atom. The molecule has 4 rings (SSSR count). The van der Waals surface area contributed by atoms with E-state index in [0.29, 0.717) is 17.9 Å². The number of hydrogen-bond acceptors (Lipinski definition) is 3. The van der Waals surface area contributed by atoms with Gasteiger partial charge >= 0.3 is 5.97 Å². The van der Waals surface area contributed by atoms with Gasteiger partial charge in [0.15, 0.2) is 0 Å². The van der Waals surface area contributed by atoms with Gasteiger partial charge in [-0.15, -0.1) is 0 Å². The summed E-state index contributed by atoms with van der Waals surface area (Å²) in [7, 11) is 2.22. The lowest BCUT2D eigenvalue weighted by Gasteiger charge is -2.50. The zero-order chi connectivity index (χ0) is 19.9. The number of nitrogens with one attached hydrogen (secondary N) is 1. The van der Waals surface area contributed by atoms with Gasteiger partial charge in [-0.2, -0.15) is 0 Å². The van der Waals surface area contributed by atoms with Crippen LogP contribution in [0, 0.1) is 23.2 Å². The molecular formula is C24H36NO3+. The topological polar surface area (TPSA) is 43.9 Å². The highest BCUT2D eigenvalue weighted by Gasteiger charge is 2.55. The molecule has 0 amide bonds. The van der Waals surface area contributed by atoms with Crippen LogP contribution < -0.4 is 4.90 Å². The molecule has 3 aliphatic rings. The van der Waals surface area contributed by atoms with E-state index in [1.165, 1.54) is 23.3 Å². The highest BCUT2D eigenvalue weighted by molar-refractivity contribution is 5.75. The monoisotopic (exact) mass is 386 g/mol. The molecule has 1 unspecified atom stereocenters. The van der Waals surface area contributed by atoms with Crippen LogP contribution in [0.1, 0.15) is 58.1 Å². The number of esters is 1. The third kappa shape index (κ3) is 3.68. The minimum atomic E-state index is 0.0374. The number of fused-ring (bicyclic) bond motifs is 2. The largest absolute Gasteiger partial charge is 0.469 e. The molecule has 0 aromatic carbocycles. The Kier molecular flexibility index (Phi) is 5.43. The molecule has 1 aromatic rings. The van der Waals surface area contributed by atoms with E-state index in [2.05, 4.69) is 27.5 Å². The van der Waals surface area contributed by atoms with Gasteiger partial charge in [-0.1, -0.05) is 19.1 Å². The first-order valence-corrected chi connectivity index (χ1v) is 11.1. The molecule has 154 valence electrons. The van der Waals surface area contributed by atoms with Crippen molar-refractivity contribution >= 4 is 5.97 Å². The van der Waals surface area contributed by atoms with Crippen molar-refractivity contribution in [1.29, 1.82) is 0 Å². The van der Waals surface area contributed by atoms with Crippen molar-refractivity contribution in [3.05, 3.63) is 36.3 Å². The summed E-state index contributed by atoms with van der Waals surface area (Å²) in [5.41, 5.74) is 1.69. The standard InChI is InChI=1S/C24H35NO3/c1-16-7-5-11-24(3)14-22-19(13-21(16)24)20(23(26)28-22)15-25(4)17(2)9-10-18-8-6-12-27-18/h6,8,12,17,19-22H,1,5,7,9-11,13-15H2,2-4H3/p+1/t17-,19+,20+,21+,22+,24+/m0/s1. The van der Waals surface area contributed by atoms with E-state index in [9.17, 15) is 4.79 Å². The van der Waals surface area contributed by atoms with Crippen molar-refractivity contribution in [2.75, 3.05) is 13.6 Å². The number of aryl methyl sites for hydroxylation is 1. The molecule has 1 N–H and O–H groups in total. The number of ether oxygens (including phenoxy) is 1. The maximum atomic E-state index is 12.8. The summed E-state index contributed by atoms with van der Waals surface area (Å²) in [6.07, 6.45) is 9.63. The summed E-state index contributed by atoms with van der Waals surface area (Å²) in [6.45, 7) is 9.94. The highest BCUT2D eigenvalue weighted by Crippen LogP contribution is 2.56. The van der Waals surface area contributed by atoms with Crippen molar-refractivity contribution in [3.8, 4) is 0 Å². The molecular weight excluding hydrogens is 350 g/mol.